The number of nitrogens with one attached hydrogen (secondary N) is 2. The zero-order valence-corrected chi connectivity index (χ0v) is 16.3. The van der Waals surface area contributed by atoms with Crippen molar-refractivity contribution >= 4 is 39.5 Å². The summed E-state index contributed by atoms with van der Waals surface area (Å²) in [5.74, 6) is -0.227. The van der Waals surface area contributed by atoms with Gasteiger partial charge in [-0.3, -0.25) is 14.5 Å². The van der Waals surface area contributed by atoms with E-state index in [0.717, 1.165) is 0 Å². The lowest BCUT2D eigenvalue weighted by atomic mass is 10.2. The van der Waals surface area contributed by atoms with Gasteiger partial charge in [0.2, 0.25) is 5.91 Å². The highest BCUT2D eigenvalue weighted by Crippen LogP contribution is 2.22. The molecule has 2 atom stereocenters. The van der Waals surface area contributed by atoms with Crippen molar-refractivity contribution in [2.75, 3.05) is 19.1 Å². The molecule has 26 heavy (non-hydrogen) atoms. The van der Waals surface area contributed by atoms with E-state index in [1.165, 1.54) is 20.1 Å². The van der Waals surface area contributed by atoms with Gasteiger partial charge in [-0.15, -0.1) is 0 Å². The number of hydrogen-bond donors (Lipinski definition) is 2. The molecule has 10 heteroatoms. The van der Waals surface area contributed by atoms with Crippen LogP contribution in [-0.2, 0) is 24.3 Å². The summed E-state index contributed by atoms with van der Waals surface area (Å²) in [7, 11) is -2.41. The number of esters is 1. The smallest absolute Gasteiger partial charge is 0.328 e. The molecule has 0 aromatic heterocycles. The van der Waals surface area contributed by atoms with Gasteiger partial charge in [0.15, 0.2) is 0 Å². The van der Waals surface area contributed by atoms with E-state index in [4.69, 9.17) is 4.74 Å². The average Bonchev–Trinajstić information content (AvgIpc) is 2.88. The lowest BCUT2D eigenvalue weighted by molar-refractivity contribution is -0.145. The summed E-state index contributed by atoms with van der Waals surface area (Å²) < 4.78 is 31.2. The van der Waals surface area contributed by atoms with Crippen molar-refractivity contribution in [3.63, 3.8) is 0 Å². The summed E-state index contributed by atoms with van der Waals surface area (Å²) in [6, 6.07) is 4.74. The topological polar surface area (TPSA) is 114 Å². The third kappa shape index (κ3) is 4.55. The summed E-state index contributed by atoms with van der Waals surface area (Å²) in [5, 5.41) is 2.61. The first-order valence-electron chi connectivity index (χ1n) is 7.87. The van der Waals surface area contributed by atoms with Crippen molar-refractivity contribution in [3.05, 3.63) is 29.8 Å². The van der Waals surface area contributed by atoms with Gasteiger partial charge in [0, 0.05) is 5.56 Å². The maximum atomic E-state index is 12.4. The highest BCUT2D eigenvalue weighted by Gasteiger charge is 2.31. The molecule has 0 saturated heterocycles. The van der Waals surface area contributed by atoms with Crippen LogP contribution >= 0.6 is 11.8 Å². The number of thioether (sulfide) groups is 1. The fourth-order valence-electron chi connectivity index (χ4n) is 2.40. The molecule has 1 amide bonds. The van der Waals surface area contributed by atoms with E-state index in [1.54, 1.807) is 30.0 Å². The van der Waals surface area contributed by atoms with Crippen LogP contribution in [0.3, 0.4) is 0 Å². The van der Waals surface area contributed by atoms with Gasteiger partial charge in [0.05, 0.1) is 12.0 Å². The summed E-state index contributed by atoms with van der Waals surface area (Å²) >= 11 is 1.55. The number of aliphatic imine (C=N–C) groups is 1. The lowest BCUT2D eigenvalue weighted by Crippen LogP contribution is -2.45. The number of amides is 1. The molecule has 142 valence electrons. The number of fused-ring (bicyclic) bond motifs is 1. The minimum Gasteiger partial charge on any atom is -0.467 e. The second-order valence-electron chi connectivity index (χ2n) is 5.62. The van der Waals surface area contributed by atoms with Crippen LogP contribution in [0.2, 0.25) is 0 Å². The van der Waals surface area contributed by atoms with Crippen LogP contribution in [0.4, 0.5) is 0 Å². The van der Waals surface area contributed by atoms with Crippen molar-refractivity contribution < 1.29 is 22.7 Å². The number of methoxy groups -OCH3 is 1. The molecule has 1 aromatic carbocycles. The van der Waals surface area contributed by atoms with Crippen molar-refractivity contribution in [3.8, 4) is 0 Å². The average molecular weight is 399 g/mol. The molecule has 0 bridgehead atoms. The van der Waals surface area contributed by atoms with Crippen LogP contribution < -0.4 is 10.0 Å². The van der Waals surface area contributed by atoms with Gasteiger partial charge >= 0.3 is 5.97 Å². The number of ether oxygens (including phenoxy) is 1. The van der Waals surface area contributed by atoms with Crippen molar-refractivity contribution in [2.45, 2.75) is 30.3 Å². The van der Waals surface area contributed by atoms with E-state index in [-0.39, 0.29) is 10.7 Å². The van der Waals surface area contributed by atoms with Crippen LogP contribution in [-0.4, -0.2) is 57.3 Å². The van der Waals surface area contributed by atoms with Crippen LogP contribution in [0.5, 0.6) is 0 Å². The van der Waals surface area contributed by atoms with Crippen molar-refractivity contribution in [2.24, 2.45) is 4.99 Å². The van der Waals surface area contributed by atoms with E-state index in [1.807, 2.05) is 6.26 Å². The first kappa shape index (κ1) is 20.2. The minimum atomic E-state index is -3.67. The number of carbonyl (C=O) groups is 2. The number of carbonyl (C=O) groups excluding carboxylic acids is 2. The van der Waals surface area contributed by atoms with Crippen LogP contribution in [0.25, 0.3) is 0 Å². The molecule has 0 spiro atoms. The second kappa shape index (κ2) is 8.54. The van der Waals surface area contributed by atoms with Gasteiger partial charge in [0.25, 0.3) is 10.0 Å². The van der Waals surface area contributed by atoms with Crippen LogP contribution in [0.1, 0.15) is 18.9 Å². The Morgan fingerprint density at radius 3 is 2.69 bits per heavy atom. The maximum Gasteiger partial charge on any atom is 0.328 e. The number of nitrogens with zero attached hydrogens (tertiary/aromatic N) is 1. The maximum absolute atomic E-state index is 12.4. The van der Waals surface area contributed by atoms with Gasteiger partial charge < -0.3 is 10.1 Å². The number of benzene rings is 1. The molecule has 1 aromatic rings. The Bertz CT molecular complexity index is 823. The Morgan fingerprint density at radius 1 is 1.35 bits per heavy atom. The molecular formula is C16H21N3O5S2. The Kier molecular flexibility index (Phi) is 6.65. The van der Waals surface area contributed by atoms with Crippen molar-refractivity contribution in [1.29, 1.82) is 0 Å². The highest BCUT2D eigenvalue weighted by atomic mass is 32.2. The quantitative estimate of drug-likeness (QED) is 0.647. The van der Waals surface area contributed by atoms with Gasteiger partial charge in [-0.1, -0.05) is 12.1 Å². The molecule has 0 fully saturated rings. The molecule has 0 saturated carbocycles. The van der Waals surface area contributed by atoms with E-state index in [2.05, 4.69) is 15.0 Å². The minimum absolute atomic E-state index is 0.113. The molecule has 1 aliphatic rings. The monoisotopic (exact) mass is 399 g/mol. The number of rotatable bonds is 7. The van der Waals surface area contributed by atoms with Gasteiger partial charge in [-0.2, -0.15) is 11.8 Å². The fraction of sp³-hybridized carbons (Fsp3) is 0.438. The Balaban J connectivity index is 2.16. The normalized spacial score (nSPS) is 18.5. The molecular weight excluding hydrogens is 378 g/mol. The van der Waals surface area contributed by atoms with Gasteiger partial charge in [0.1, 0.15) is 17.9 Å². The second-order valence-corrected chi connectivity index (χ2v) is 8.26. The third-order valence-corrected chi connectivity index (χ3v) is 5.82. The molecule has 0 unspecified atom stereocenters. The Hall–Kier alpha value is -2.07. The van der Waals surface area contributed by atoms with E-state index in [0.29, 0.717) is 17.7 Å². The number of sulfonamides is 1. The van der Waals surface area contributed by atoms with E-state index in [9.17, 15) is 18.0 Å². The molecule has 0 aliphatic carbocycles. The fourth-order valence-corrected chi connectivity index (χ4v) is 4.11. The number of hydrogen-bond acceptors (Lipinski definition) is 7. The van der Waals surface area contributed by atoms with E-state index >= 15 is 0 Å². The third-order valence-electron chi connectivity index (χ3n) is 3.78. The molecule has 1 heterocycles. The molecule has 2 N–H and O–H groups in total. The zero-order chi connectivity index (χ0) is 19.3. The first-order valence-corrected chi connectivity index (χ1v) is 10.7. The Morgan fingerprint density at radius 2 is 2.04 bits per heavy atom. The summed E-state index contributed by atoms with van der Waals surface area (Å²) in [6.45, 7) is 1.53. The standard InChI is InChI=1S/C16H21N3O5S2/c1-10(15(20)18-12(8-9-25-3)16(21)24-2)17-14-11-6-4-5-7-13(11)26(22,23)19-14/h4-7,10,12H,8-9H2,1-3H3,(H,17,19)(H,18,20)/t10-,12-/m0/s1. The molecule has 1 aliphatic heterocycles. The van der Waals surface area contributed by atoms with Crippen LogP contribution in [0.15, 0.2) is 34.2 Å². The molecule has 2 rings (SSSR count). The van der Waals surface area contributed by atoms with E-state index < -0.39 is 34.0 Å². The van der Waals surface area contributed by atoms with Gasteiger partial charge in [-0.25, -0.2) is 13.2 Å². The van der Waals surface area contributed by atoms with Crippen LogP contribution in [0, 0.1) is 0 Å². The highest BCUT2D eigenvalue weighted by molar-refractivity contribution is 7.98. The summed E-state index contributed by atoms with van der Waals surface area (Å²) in [5.41, 5.74) is 0.416. The predicted octanol–water partition coefficient (Wildman–Crippen LogP) is 0.525. The summed E-state index contributed by atoms with van der Waals surface area (Å²) in [6.07, 6.45) is 2.33. The molecule has 8 nitrogen and oxygen atoms in total. The molecule has 0 radical (unpaired) electrons. The summed E-state index contributed by atoms with van der Waals surface area (Å²) in [4.78, 5) is 28.5. The van der Waals surface area contributed by atoms with Gasteiger partial charge in [-0.05, 0) is 37.5 Å². The first-order chi connectivity index (χ1) is 12.3. The SMILES string of the molecule is COC(=O)[C@H](CCSC)NC(=O)[C@H](C)N=C1NS(=O)(=O)c2ccccc21. The van der Waals surface area contributed by atoms with Crippen molar-refractivity contribution in [1.82, 2.24) is 10.0 Å². The lowest BCUT2D eigenvalue weighted by Gasteiger charge is -2.17. The Labute approximate surface area is 156 Å². The predicted molar refractivity (Wildman–Crippen MR) is 99.7 cm³/mol. The zero-order valence-electron chi connectivity index (χ0n) is 14.7. The number of amidine groups is 1. The largest absolute Gasteiger partial charge is 0.467 e.